The molecule has 5 heteroatoms. The molecule has 0 amide bonds. The Bertz CT molecular complexity index is 402. The van der Waals surface area contributed by atoms with Crippen molar-refractivity contribution in [1.29, 1.82) is 0 Å². The third kappa shape index (κ3) is 2.13. The molecule has 1 aromatic heterocycles. The first-order valence-corrected chi connectivity index (χ1v) is 5.31. The summed E-state index contributed by atoms with van der Waals surface area (Å²) in [7, 11) is 3.53. The molecule has 1 aromatic rings. The molecule has 0 saturated carbocycles. The number of carbonyl (C=O) groups is 1. The molecule has 88 valence electrons. The highest BCUT2D eigenvalue weighted by Gasteiger charge is 2.21. The molecular weight excluding hydrogens is 206 g/mol. The third-order valence-electron chi connectivity index (χ3n) is 2.47. The summed E-state index contributed by atoms with van der Waals surface area (Å²) in [5, 5.41) is 17.3. The van der Waals surface area contributed by atoms with E-state index in [4.69, 9.17) is 0 Å². The lowest BCUT2D eigenvalue weighted by atomic mass is 10.0. The van der Waals surface area contributed by atoms with Crippen molar-refractivity contribution < 1.29 is 9.90 Å². The van der Waals surface area contributed by atoms with Gasteiger partial charge in [0.1, 0.15) is 5.56 Å². The van der Waals surface area contributed by atoms with Crippen LogP contribution in [0.1, 0.15) is 35.5 Å². The lowest BCUT2D eigenvalue weighted by Crippen LogP contribution is -2.20. The number of nitrogens with zero attached hydrogens (tertiary/aromatic N) is 3. The number of hydrogen-bond acceptors (Lipinski definition) is 4. The normalized spacial score (nSPS) is 10.2. The molecule has 0 atom stereocenters. The highest BCUT2D eigenvalue weighted by molar-refractivity contribution is 5.95. The fraction of sp³-hybridized carbons (Fsp3) is 0.545. The highest BCUT2D eigenvalue weighted by atomic mass is 16.4. The lowest BCUT2D eigenvalue weighted by Gasteiger charge is -2.17. The molecule has 0 aliphatic carbocycles. The summed E-state index contributed by atoms with van der Waals surface area (Å²) >= 11 is 0. The molecule has 0 aromatic carbocycles. The van der Waals surface area contributed by atoms with Gasteiger partial charge in [-0.1, -0.05) is 13.8 Å². The zero-order chi connectivity index (χ0) is 12.3. The van der Waals surface area contributed by atoms with E-state index < -0.39 is 5.97 Å². The van der Waals surface area contributed by atoms with Crippen LogP contribution in [0.2, 0.25) is 0 Å². The van der Waals surface area contributed by atoms with Gasteiger partial charge < -0.3 is 10.0 Å². The van der Waals surface area contributed by atoms with E-state index in [1.165, 1.54) is 0 Å². The summed E-state index contributed by atoms with van der Waals surface area (Å²) < 4.78 is 0. The average Bonchev–Trinajstić information content (AvgIpc) is 2.26. The van der Waals surface area contributed by atoms with E-state index in [0.717, 1.165) is 11.3 Å². The Kier molecular flexibility index (Phi) is 3.82. The summed E-state index contributed by atoms with van der Waals surface area (Å²) in [6, 6.07) is 0. The van der Waals surface area contributed by atoms with Gasteiger partial charge in [-0.25, -0.2) is 4.79 Å². The maximum atomic E-state index is 11.3. The van der Waals surface area contributed by atoms with Gasteiger partial charge in [0, 0.05) is 14.1 Å². The molecule has 0 bridgehead atoms. The molecule has 0 aliphatic heterocycles. The smallest absolute Gasteiger partial charge is 0.339 e. The minimum atomic E-state index is -0.940. The Balaban J connectivity index is 3.50. The van der Waals surface area contributed by atoms with Crippen molar-refractivity contribution in [3.05, 3.63) is 16.8 Å². The van der Waals surface area contributed by atoms with Crippen LogP contribution in [-0.2, 0) is 12.8 Å². The predicted octanol–water partition coefficient (Wildman–Crippen LogP) is 1.37. The first kappa shape index (κ1) is 12.4. The van der Waals surface area contributed by atoms with Crippen LogP contribution >= 0.6 is 0 Å². The van der Waals surface area contributed by atoms with Crippen LogP contribution in [0.3, 0.4) is 0 Å². The molecule has 1 rings (SSSR count). The molecule has 0 saturated heterocycles. The zero-order valence-electron chi connectivity index (χ0n) is 10.1. The van der Waals surface area contributed by atoms with Crippen molar-refractivity contribution in [1.82, 2.24) is 10.2 Å². The van der Waals surface area contributed by atoms with Gasteiger partial charge in [0.15, 0.2) is 5.82 Å². The van der Waals surface area contributed by atoms with E-state index in [0.29, 0.717) is 18.7 Å². The summed E-state index contributed by atoms with van der Waals surface area (Å²) in [5.74, 6) is -0.522. The Labute approximate surface area is 95.1 Å². The van der Waals surface area contributed by atoms with Crippen LogP contribution in [0.4, 0.5) is 5.82 Å². The molecule has 0 unspecified atom stereocenters. The van der Waals surface area contributed by atoms with Crippen LogP contribution in [-0.4, -0.2) is 35.4 Å². The molecular formula is C11H17N3O2. The van der Waals surface area contributed by atoms with E-state index in [-0.39, 0.29) is 5.56 Å². The molecule has 1 N–H and O–H groups in total. The average molecular weight is 223 g/mol. The molecule has 0 radical (unpaired) electrons. The van der Waals surface area contributed by atoms with Crippen LogP contribution in [0, 0.1) is 0 Å². The number of anilines is 1. The Morgan fingerprint density at radius 1 is 1.25 bits per heavy atom. The van der Waals surface area contributed by atoms with Gasteiger partial charge in [-0.3, -0.25) is 0 Å². The molecule has 0 fully saturated rings. The van der Waals surface area contributed by atoms with Crippen molar-refractivity contribution in [2.45, 2.75) is 26.7 Å². The fourth-order valence-corrected chi connectivity index (χ4v) is 1.70. The number of rotatable bonds is 4. The van der Waals surface area contributed by atoms with Crippen LogP contribution in [0.5, 0.6) is 0 Å². The minimum Gasteiger partial charge on any atom is -0.478 e. The number of carboxylic acid groups (broad SMARTS) is 1. The zero-order valence-corrected chi connectivity index (χ0v) is 10.1. The van der Waals surface area contributed by atoms with E-state index in [9.17, 15) is 9.90 Å². The van der Waals surface area contributed by atoms with Crippen LogP contribution in [0.25, 0.3) is 0 Å². The van der Waals surface area contributed by atoms with E-state index >= 15 is 0 Å². The molecule has 16 heavy (non-hydrogen) atoms. The van der Waals surface area contributed by atoms with Crippen molar-refractivity contribution in [3.8, 4) is 0 Å². The largest absolute Gasteiger partial charge is 0.478 e. The van der Waals surface area contributed by atoms with E-state index in [2.05, 4.69) is 10.2 Å². The minimum absolute atomic E-state index is 0.277. The van der Waals surface area contributed by atoms with Gasteiger partial charge in [-0.2, -0.15) is 5.10 Å². The summed E-state index contributed by atoms with van der Waals surface area (Å²) in [4.78, 5) is 13.0. The lowest BCUT2D eigenvalue weighted by molar-refractivity contribution is 0.0695. The SMILES string of the molecule is CCc1nnc(N(C)C)c(C(=O)O)c1CC. The summed E-state index contributed by atoms with van der Waals surface area (Å²) in [5.41, 5.74) is 1.83. The van der Waals surface area contributed by atoms with Gasteiger partial charge in [-0.15, -0.1) is 5.10 Å². The number of carboxylic acids is 1. The Morgan fingerprint density at radius 2 is 1.88 bits per heavy atom. The fourth-order valence-electron chi connectivity index (χ4n) is 1.70. The topological polar surface area (TPSA) is 66.3 Å². The quantitative estimate of drug-likeness (QED) is 0.835. The van der Waals surface area contributed by atoms with Gasteiger partial charge in [-0.05, 0) is 18.4 Å². The number of aromatic carboxylic acids is 1. The second kappa shape index (κ2) is 4.92. The standard InChI is InChI=1S/C11H17N3O2/c1-5-7-8(6-2)12-13-10(14(3)4)9(7)11(15)16/h5-6H2,1-4H3,(H,15,16). The van der Waals surface area contributed by atoms with Gasteiger partial charge in [0.05, 0.1) is 5.69 Å². The second-order valence-electron chi connectivity index (χ2n) is 3.73. The van der Waals surface area contributed by atoms with Gasteiger partial charge in [0.25, 0.3) is 0 Å². The van der Waals surface area contributed by atoms with E-state index in [1.807, 2.05) is 13.8 Å². The first-order valence-electron chi connectivity index (χ1n) is 5.31. The van der Waals surface area contributed by atoms with E-state index in [1.54, 1.807) is 19.0 Å². The number of aryl methyl sites for hydroxylation is 1. The molecule has 5 nitrogen and oxygen atoms in total. The highest BCUT2D eigenvalue weighted by Crippen LogP contribution is 2.22. The maximum absolute atomic E-state index is 11.3. The van der Waals surface area contributed by atoms with Crippen LogP contribution in [0.15, 0.2) is 0 Å². The first-order chi connectivity index (χ1) is 7.52. The number of hydrogen-bond donors (Lipinski definition) is 1. The molecule has 0 spiro atoms. The Morgan fingerprint density at radius 3 is 2.25 bits per heavy atom. The molecule has 0 aliphatic rings. The van der Waals surface area contributed by atoms with Gasteiger partial charge >= 0.3 is 5.97 Å². The van der Waals surface area contributed by atoms with Crippen LogP contribution < -0.4 is 4.90 Å². The molecule has 1 heterocycles. The predicted molar refractivity (Wildman–Crippen MR) is 62.1 cm³/mol. The third-order valence-corrected chi connectivity index (χ3v) is 2.47. The Hall–Kier alpha value is -1.65. The second-order valence-corrected chi connectivity index (χ2v) is 3.73. The maximum Gasteiger partial charge on any atom is 0.339 e. The van der Waals surface area contributed by atoms with Crippen molar-refractivity contribution >= 4 is 11.8 Å². The summed E-state index contributed by atoms with van der Waals surface area (Å²) in [6.07, 6.45) is 1.35. The van der Waals surface area contributed by atoms with Crippen molar-refractivity contribution in [2.75, 3.05) is 19.0 Å². The number of aromatic nitrogens is 2. The van der Waals surface area contributed by atoms with Gasteiger partial charge in [0.2, 0.25) is 0 Å². The van der Waals surface area contributed by atoms with Crippen molar-refractivity contribution in [3.63, 3.8) is 0 Å². The summed E-state index contributed by atoms with van der Waals surface area (Å²) in [6.45, 7) is 3.88. The van der Waals surface area contributed by atoms with Crippen molar-refractivity contribution in [2.24, 2.45) is 0 Å². The monoisotopic (exact) mass is 223 g/mol.